The highest BCUT2D eigenvalue weighted by molar-refractivity contribution is 5.93. The van der Waals surface area contributed by atoms with Crippen LogP contribution in [-0.2, 0) is 0 Å². The summed E-state index contributed by atoms with van der Waals surface area (Å²) in [4.78, 5) is 32.3. The Kier molecular flexibility index (Phi) is 5.63. The number of hydrogen-bond donors (Lipinski definition) is 2. The average molecular weight is 442 g/mol. The second-order valence-electron chi connectivity index (χ2n) is 6.88. The molecule has 164 valence electrons. The van der Waals surface area contributed by atoms with Crippen molar-refractivity contribution in [3.63, 3.8) is 0 Å². The molecule has 1 aromatic carbocycles. The third kappa shape index (κ3) is 4.46. The number of benzene rings is 1. The van der Waals surface area contributed by atoms with Gasteiger partial charge in [0.2, 0.25) is 5.95 Å². The van der Waals surface area contributed by atoms with Gasteiger partial charge in [-0.15, -0.1) is 0 Å². The molecule has 0 saturated heterocycles. The quantitative estimate of drug-likeness (QED) is 0.633. The first kappa shape index (κ1) is 21.1. The highest BCUT2D eigenvalue weighted by Gasteiger charge is 2.42. The number of rotatable bonds is 5. The fourth-order valence-electron chi connectivity index (χ4n) is 3.15. The molecular weight excluding hydrogens is 425 g/mol. The van der Waals surface area contributed by atoms with E-state index in [4.69, 9.17) is 0 Å². The Morgan fingerprint density at radius 3 is 2.62 bits per heavy atom. The minimum atomic E-state index is -4.48. The number of halogens is 3. The van der Waals surface area contributed by atoms with Gasteiger partial charge < -0.3 is 10.2 Å². The van der Waals surface area contributed by atoms with Crippen LogP contribution in [0.3, 0.4) is 0 Å². The zero-order valence-corrected chi connectivity index (χ0v) is 16.5. The zero-order chi connectivity index (χ0) is 22.7. The van der Waals surface area contributed by atoms with Gasteiger partial charge in [0, 0.05) is 37.0 Å². The molecule has 0 aliphatic carbocycles. The molecule has 8 nitrogen and oxygen atoms in total. The van der Waals surface area contributed by atoms with Gasteiger partial charge in [-0.25, -0.2) is 9.67 Å². The normalized spacial score (nSPS) is 16.0. The van der Waals surface area contributed by atoms with Gasteiger partial charge in [0.05, 0.1) is 0 Å². The average Bonchev–Trinajstić information content (AvgIpc) is 3.32. The lowest BCUT2D eigenvalue weighted by atomic mass is 10.1. The molecule has 2 aromatic heterocycles. The Balaban J connectivity index is 1.49. The summed E-state index contributed by atoms with van der Waals surface area (Å²) in [5.74, 6) is -0.560. The molecule has 2 N–H and O–H groups in total. The summed E-state index contributed by atoms with van der Waals surface area (Å²) >= 11 is 0. The van der Waals surface area contributed by atoms with E-state index in [0.717, 1.165) is 17.2 Å². The second-order valence-corrected chi connectivity index (χ2v) is 6.88. The van der Waals surface area contributed by atoms with Crippen LogP contribution in [0.4, 0.5) is 18.9 Å². The number of nitrogens with zero attached hydrogens (tertiary/aromatic N) is 4. The first-order valence-corrected chi connectivity index (χ1v) is 9.49. The number of aromatic amines is 1. The summed E-state index contributed by atoms with van der Waals surface area (Å²) in [6, 6.07) is 7.94. The van der Waals surface area contributed by atoms with Gasteiger partial charge >= 0.3 is 6.18 Å². The molecule has 1 aliphatic rings. The van der Waals surface area contributed by atoms with E-state index in [-0.39, 0.29) is 18.1 Å². The van der Waals surface area contributed by atoms with Crippen LogP contribution in [0.15, 0.2) is 83.7 Å². The monoisotopic (exact) mass is 442 g/mol. The largest absolute Gasteiger partial charge is 0.412 e. The fourth-order valence-corrected chi connectivity index (χ4v) is 3.15. The van der Waals surface area contributed by atoms with E-state index in [9.17, 15) is 22.8 Å². The third-order valence-electron chi connectivity index (χ3n) is 4.69. The van der Waals surface area contributed by atoms with Crippen molar-refractivity contribution in [2.45, 2.75) is 12.2 Å². The molecule has 3 aromatic rings. The van der Waals surface area contributed by atoms with E-state index in [1.165, 1.54) is 23.2 Å². The number of nitrogens with one attached hydrogen (secondary N) is 2. The summed E-state index contributed by atoms with van der Waals surface area (Å²) in [7, 11) is 0. The Bertz CT molecular complexity index is 1220. The second kappa shape index (κ2) is 8.53. The Labute approximate surface area is 179 Å². The van der Waals surface area contributed by atoms with Crippen LogP contribution in [0.25, 0.3) is 5.95 Å². The number of para-hydroxylation sites is 1. The van der Waals surface area contributed by atoms with Gasteiger partial charge in [0.15, 0.2) is 0 Å². The molecule has 1 atom stereocenters. The highest BCUT2D eigenvalue weighted by atomic mass is 19.4. The highest BCUT2D eigenvalue weighted by Crippen LogP contribution is 2.32. The standard InChI is InChI=1S/C21H17F3N6O2/c22-21(23,24)17-8-7-14(13-29(17)15-5-2-1-3-6-15)11-25-18(31)16-12-26-20(28-19(16)32)30-10-4-9-27-30/h1-10,12-13,17H,11H2,(H,25,31)(H,26,28,32). The Hall–Kier alpha value is -4.15. The molecule has 1 aliphatic heterocycles. The van der Waals surface area contributed by atoms with E-state index in [2.05, 4.69) is 20.4 Å². The van der Waals surface area contributed by atoms with E-state index in [0.29, 0.717) is 11.3 Å². The van der Waals surface area contributed by atoms with Crippen LogP contribution in [0.2, 0.25) is 0 Å². The lowest BCUT2D eigenvalue weighted by Crippen LogP contribution is -2.43. The molecule has 0 bridgehead atoms. The summed E-state index contributed by atoms with van der Waals surface area (Å²) in [5.41, 5.74) is -0.105. The molecule has 0 fully saturated rings. The van der Waals surface area contributed by atoms with Crippen molar-refractivity contribution in [3.8, 4) is 5.95 Å². The number of anilines is 1. The molecule has 0 radical (unpaired) electrons. The number of carbonyl (C=O) groups is 1. The van der Waals surface area contributed by atoms with Crippen molar-refractivity contribution in [3.05, 3.63) is 94.8 Å². The van der Waals surface area contributed by atoms with Crippen molar-refractivity contribution in [1.29, 1.82) is 0 Å². The van der Waals surface area contributed by atoms with E-state index >= 15 is 0 Å². The molecule has 0 saturated carbocycles. The van der Waals surface area contributed by atoms with Crippen molar-refractivity contribution in [2.75, 3.05) is 11.4 Å². The van der Waals surface area contributed by atoms with Gasteiger partial charge in [-0.1, -0.05) is 30.4 Å². The minimum Gasteiger partial charge on any atom is -0.348 e. The van der Waals surface area contributed by atoms with Crippen LogP contribution < -0.4 is 15.8 Å². The van der Waals surface area contributed by atoms with Crippen LogP contribution in [0, 0.1) is 0 Å². The van der Waals surface area contributed by atoms with E-state index in [1.807, 2.05) is 0 Å². The van der Waals surface area contributed by atoms with Crippen molar-refractivity contribution in [1.82, 2.24) is 25.1 Å². The summed E-state index contributed by atoms with van der Waals surface area (Å²) < 4.78 is 41.8. The molecule has 0 spiro atoms. The van der Waals surface area contributed by atoms with Crippen molar-refractivity contribution in [2.24, 2.45) is 0 Å². The predicted octanol–water partition coefficient (Wildman–Crippen LogP) is 2.58. The topological polar surface area (TPSA) is 95.9 Å². The van der Waals surface area contributed by atoms with Crippen LogP contribution in [-0.4, -0.2) is 44.4 Å². The lowest BCUT2D eigenvalue weighted by molar-refractivity contribution is -0.136. The number of alkyl halides is 3. The SMILES string of the molecule is O=C(NCC1=CN(c2ccccc2)C(C(F)(F)F)C=C1)c1cnc(-n2cccn2)[nH]c1=O. The maximum absolute atomic E-state index is 13.5. The van der Waals surface area contributed by atoms with Crippen LogP contribution in [0.5, 0.6) is 0 Å². The van der Waals surface area contributed by atoms with Gasteiger partial charge in [-0.05, 0) is 23.8 Å². The number of aromatic nitrogens is 4. The number of H-pyrrole nitrogens is 1. The van der Waals surface area contributed by atoms with Gasteiger partial charge in [0.25, 0.3) is 11.5 Å². The maximum Gasteiger partial charge on any atom is 0.412 e. The predicted molar refractivity (Wildman–Crippen MR) is 110 cm³/mol. The molecule has 11 heteroatoms. The molecule has 1 unspecified atom stereocenters. The molecule has 3 heterocycles. The minimum absolute atomic E-state index is 0.0798. The van der Waals surface area contributed by atoms with E-state index in [1.54, 1.807) is 42.6 Å². The summed E-state index contributed by atoms with van der Waals surface area (Å²) in [6.45, 7) is -0.0798. The fraction of sp³-hybridized carbons (Fsp3) is 0.143. The van der Waals surface area contributed by atoms with Crippen molar-refractivity contribution >= 4 is 11.6 Å². The molecule has 1 amide bonds. The smallest absolute Gasteiger partial charge is 0.348 e. The van der Waals surface area contributed by atoms with Crippen molar-refractivity contribution < 1.29 is 18.0 Å². The lowest BCUT2D eigenvalue weighted by Gasteiger charge is -2.33. The van der Waals surface area contributed by atoms with E-state index < -0.39 is 23.7 Å². The number of hydrogen-bond acceptors (Lipinski definition) is 5. The van der Waals surface area contributed by atoms with Gasteiger partial charge in [-0.3, -0.25) is 14.6 Å². The molecular formula is C21H17F3N6O2. The Morgan fingerprint density at radius 2 is 1.97 bits per heavy atom. The first-order valence-electron chi connectivity index (χ1n) is 9.49. The number of carbonyl (C=O) groups excluding carboxylic acids is 1. The van der Waals surface area contributed by atoms with Crippen LogP contribution in [0.1, 0.15) is 10.4 Å². The van der Waals surface area contributed by atoms with Crippen LogP contribution >= 0.6 is 0 Å². The zero-order valence-electron chi connectivity index (χ0n) is 16.5. The maximum atomic E-state index is 13.5. The van der Waals surface area contributed by atoms with Gasteiger partial charge in [-0.2, -0.15) is 18.3 Å². The Morgan fingerprint density at radius 1 is 1.19 bits per heavy atom. The first-order chi connectivity index (χ1) is 15.3. The summed E-state index contributed by atoms with van der Waals surface area (Å²) in [6.07, 6.45) is 3.39. The van der Waals surface area contributed by atoms with Gasteiger partial charge in [0.1, 0.15) is 11.6 Å². The molecule has 32 heavy (non-hydrogen) atoms. The third-order valence-corrected chi connectivity index (χ3v) is 4.69. The number of amides is 1. The summed E-state index contributed by atoms with van der Waals surface area (Å²) in [5, 5.41) is 6.48. The molecule has 4 rings (SSSR count).